The van der Waals surface area contributed by atoms with E-state index in [1.165, 1.54) is 44.5 Å². The molecule has 5 aromatic heterocycles. The van der Waals surface area contributed by atoms with Crippen LogP contribution in [0.3, 0.4) is 0 Å². The van der Waals surface area contributed by atoms with Crippen molar-refractivity contribution in [2.24, 2.45) is 0 Å². The van der Waals surface area contributed by atoms with Crippen molar-refractivity contribution in [3.05, 3.63) is 222 Å². The number of rotatable bonds is 12. The van der Waals surface area contributed by atoms with Gasteiger partial charge >= 0.3 is 21.1 Å². The molecule has 0 radical (unpaired) electrons. The molecule has 0 unspecified atom stereocenters. The van der Waals surface area contributed by atoms with Crippen LogP contribution in [0.15, 0.2) is 191 Å². The van der Waals surface area contributed by atoms with E-state index >= 15 is 0 Å². The van der Waals surface area contributed by atoms with Crippen LogP contribution in [0.1, 0.15) is 107 Å². The summed E-state index contributed by atoms with van der Waals surface area (Å²) >= 11 is 0. The van der Waals surface area contributed by atoms with Gasteiger partial charge < -0.3 is 22.7 Å². The Morgan fingerprint density at radius 2 is 0.940 bits per heavy atom. The van der Waals surface area contributed by atoms with Crippen LogP contribution in [-0.2, 0) is 21.1 Å². The maximum Gasteiger partial charge on any atom is 2.00 e. The molecule has 5 heterocycles. The first-order valence-electron chi connectivity index (χ1n) is 28.6. The molecule has 0 saturated heterocycles. The number of furan rings is 2. The molecule has 14 aromatic rings. The van der Waals surface area contributed by atoms with Gasteiger partial charge in [-0.25, -0.2) is 4.98 Å². The van der Waals surface area contributed by atoms with Crippen molar-refractivity contribution in [3.8, 4) is 67.9 Å². The number of ether oxygens (including phenoxy) is 1. The minimum absolute atomic E-state index is 0. The van der Waals surface area contributed by atoms with E-state index in [0.29, 0.717) is 39.6 Å². The van der Waals surface area contributed by atoms with Crippen LogP contribution >= 0.6 is 0 Å². The second kappa shape index (κ2) is 21.2. The van der Waals surface area contributed by atoms with Crippen molar-refractivity contribution in [2.75, 3.05) is 0 Å². The van der Waals surface area contributed by atoms with E-state index < -0.39 is 0 Å². The maximum absolute atomic E-state index is 7.15. The van der Waals surface area contributed by atoms with Crippen molar-refractivity contribution >= 4 is 66.1 Å². The molecular formula is C74H61N5O3Pt. The van der Waals surface area contributed by atoms with Gasteiger partial charge in [0.1, 0.15) is 16.7 Å². The van der Waals surface area contributed by atoms with Gasteiger partial charge in [-0.3, -0.25) is 9.97 Å². The summed E-state index contributed by atoms with van der Waals surface area (Å²) in [7, 11) is 0. The van der Waals surface area contributed by atoms with E-state index in [9.17, 15) is 0 Å². The van der Waals surface area contributed by atoms with E-state index in [4.69, 9.17) is 28.5 Å². The predicted molar refractivity (Wildman–Crippen MR) is 335 cm³/mol. The largest absolute Gasteiger partial charge is 2.00 e. The van der Waals surface area contributed by atoms with Crippen LogP contribution in [0, 0.1) is 19.1 Å². The number of para-hydroxylation sites is 4. The van der Waals surface area contributed by atoms with Gasteiger partial charge in [0.05, 0.1) is 39.3 Å². The SMILES string of the molecule is Cc1ccc2oc3cc4oc5c(-c6nc7ccccc7n6-c6c(C(C)C)cc(-c7ccccc7)cc6C(C)C)[c-]c(Oc6[c-]c(-c7nc8ccccc8n7-c7c(C(C)C)cc(-c8ccccc8)cc7C(C)C)ccc6)cc5c4cc3c2n1.[Pt+2]. The van der Waals surface area contributed by atoms with Gasteiger partial charge in [0.2, 0.25) is 0 Å². The minimum Gasteiger partial charge on any atom is -0.500 e. The molecule has 0 fully saturated rings. The fourth-order valence-corrected chi connectivity index (χ4v) is 12.1. The Morgan fingerprint density at radius 1 is 0.422 bits per heavy atom. The number of aromatic nitrogens is 5. The molecule has 0 saturated carbocycles. The fraction of sp³-hybridized carbons (Fsp3) is 0.176. The zero-order valence-corrected chi connectivity index (χ0v) is 50.2. The molecule has 0 aliphatic rings. The normalized spacial score (nSPS) is 12.0. The van der Waals surface area contributed by atoms with Gasteiger partial charge in [0.15, 0.2) is 5.58 Å². The van der Waals surface area contributed by atoms with E-state index in [2.05, 4.69) is 216 Å². The summed E-state index contributed by atoms with van der Waals surface area (Å²) in [5.74, 6) is 3.19. The molecule has 14 rings (SSSR count). The summed E-state index contributed by atoms with van der Waals surface area (Å²) in [4.78, 5) is 15.9. The zero-order chi connectivity index (χ0) is 56.1. The van der Waals surface area contributed by atoms with E-state index in [1.54, 1.807) is 0 Å². The van der Waals surface area contributed by atoms with Crippen molar-refractivity contribution in [3.63, 3.8) is 0 Å². The van der Waals surface area contributed by atoms with E-state index in [0.717, 1.165) is 77.8 Å². The first-order chi connectivity index (χ1) is 39.8. The average molecular weight is 1260 g/mol. The number of benzene rings is 9. The van der Waals surface area contributed by atoms with Gasteiger partial charge in [0, 0.05) is 45.4 Å². The molecule has 9 aromatic carbocycles. The summed E-state index contributed by atoms with van der Waals surface area (Å²) < 4.78 is 25.4. The fourth-order valence-electron chi connectivity index (χ4n) is 12.1. The van der Waals surface area contributed by atoms with Gasteiger partial charge in [0.25, 0.3) is 0 Å². The zero-order valence-electron chi connectivity index (χ0n) is 47.9. The smallest absolute Gasteiger partial charge is 0.500 e. The van der Waals surface area contributed by atoms with Gasteiger partial charge in [-0.2, -0.15) is 0 Å². The minimum atomic E-state index is 0. The molecule has 0 aliphatic heterocycles. The maximum atomic E-state index is 7.15. The van der Waals surface area contributed by atoms with Gasteiger partial charge in [-0.05, 0) is 142 Å². The molecule has 410 valence electrons. The Hall–Kier alpha value is -8.84. The first kappa shape index (κ1) is 53.5. The molecule has 0 bridgehead atoms. The van der Waals surface area contributed by atoms with Crippen molar-refractivity contribution in [2.45, 2.75) is 86.0 Å². The van der Waals surface area contributed by atoms with Crippen molar-refractivity contribution in [1.29, 1.82) is 0 Å². The topological polar surface area (TPSA) is 84.0 Å². The number of aryl methyl sites for hydroxylation is 1. The van der Waals surface area contributed by atoms with Crippen LogP contribution in [0.4, 0.5) is 0 Å². The number of hydrogen-bond acceptors (Lipinski definition) is 6. The number of fused-ring (bicyclic) bond motifs is 8. The second-order valence-corrected chi connectivity index (χ2v) is 23.0. The van der Waals surface area contributed by atoms with Crippen LogP contribution < -0.4 is 4.74 Å². The third kappa shape index (κ3) is 9.25. The van der Waals surface area contributed by atoms with Gasteiger partial charge in [-0.1, -0.05) is 169 Å². The van der Waals surface area contributed by atoms with Gasteiger partial charge in [-0.15, -0.1) is 23.8 Å². The Bertz CT molecular complexity index is 4750. The number of pyridine rings is 1. The van der Waals surface area contributed by atoms with Crippen molar-refractivity contribution in [1.82, 2.24) is 24.1 Å². The van der Waals surface area contributed by atoms with Crippen LogP contribution in [-0.4, -0.2) is 24.1 Å². The molecule has 0 aliphatic carbocycles. The molecule has 83 heavy (non-hydrogen) atoms. The average Bonchev–Trinajstić information content (AvgIpc) is 2.07. The molecular weight excluding hydrogens is 1200 g/mol. The molecule has 0 spiro atoms. The first-order valence-corrected chi connectivity index (χ1v) is 28.6. The second-order valence-electron chi connectivity index (χ2n) is 23.0. The molecule has 0 N–H and O–H groups in total. The van der Waals surface area contributed by atoms with Crippen LogP contribution in [0.2, 0.25) is 0 Å². The van der Waals surface area contributed by atoms with E-state index in [-0.39, 0.29) is 44.7 Å². The summed E-state index contributed by atoms with van der Waals surface area (Å²) in [6.45, 7) is 20.2. The quantitative estimate of drug-likeness (QED) is 0.113. The summed E-state index contributed by atoms with van der Waals surface area (Å²) in [5.41, 5.74) is 21.5. The number of nitrogens with zero attached hydrogens (tertiary/aromatic N) is 5. The summed E-state index contributed by atoms with van der Waals surface area (Å²) in [6, 6.07) is 71.3. The monoisotopic (exact) mass is 1260 g/mol. The van der Waals surface area contributed by atoms with Crippen LogP contribution in [0.25, 0.3) is 122 Å². The molecule has 9 heteroatoms. The molecule has 0 atom stereocenters. The summed E-state index contributed by atoms with van der Waals surface area (Å²) in [6.07, 6.45) is 0. The summed E-state index contributed by atoms with van der Waals surface area (Å²) in [5, 5.41) is 2.63. The Kier molecular flexibility index (Phi) is 13.6. The third-order valence-corrected chi connectivity index (χ3v) is 16.1. The Labute approximate surface area is 497 Å². The van der Waals surface area contributed by atoms with E-state index in [1.807, 2.05) is 49.4 Å². The molecule has 0 amide bonds. The number of imidazole rings is 2. The Morgan fingerprint density at radius 3 is 1.51 bits per heavy atom. The van der Waals surface area contributed by atoms with Crippen molar-refractivity contribution < 1.29 is 34.6 Å². The molecule has 8 nitrogen and oxygen atoms in total. The standard InChI is InChI=1S/C74H61N5O3.Pt/c1-42(2)54-34-50(47-21-12-10-13-22-47)35-55(43(3)4)70(54)78-64-29-18-16-27-62(64)76-73(78)49-25-20-26-52(33-49)80-53-38-59-58-40-60-68(81-66-32-31-46(9)75-69(60)66)41-67(58)82-72(59)61(39-53)74-77-63-28-17-19-30-65(63)79(74)71-56(44(5)6)36-51(37-57(71)45(7)8)48-23-14-11-15-24-48;/h10-32,34-38,40-45H,1-9H3;/q-2;+2. The number of hydrogen-bond donors (Lipinski definition) is 0. The third-order valence-electron chi connectivity index (χ3n) is 16.1. The van der Waals surface area contributed by atoms with Crippen LogP contribution in [0.5, 0.6) is 11.5 Å². The predicted octanol–water partition coefficient (Wildman–Crippen LogP) is 20.4. The Balaban J connectivity index is 0.00000645.